The number of halogens is 1. The number of hydrogen-bond donors (Lipinski definition) is 1. The van der Waals surface area contributed by atoms with E-state index in [4.69, 9.17) is 0 Å². The predicted octanol–water partition coefficient (Wildman–Crippen LogP) is 4.02. The highest BCUT2D eigenvalue weighted by atomic mass is 19.1. The van der Waals surface area contributed by atoms with Crippen molar-refractivity contribution in [2.24, 2.45) is 5.92 Å². The van der Waals surface area contributed by atoms with Crippen LogP contribution in [0.5, 0.6) is 0 Å². The largest absolute Gasteiger partial charge is 0.353 e. The van der Waals surface area contributed by atoms with Crippen LogP contribution in [0.4, 0.5) is 4.39 Å². The molecule has 1 aliphatic heterocycles. The summed E-state index contributed by atoms with van der Waals surface area (Å²) in [5.74, 6) is 0.236. The van der Waals surface area contributed by atoms with Gasteiger partial charge in [0.05, 0.1) is 5.92 Å². The lowest BCUT2D eigenvalue weighted by atomic mass is 9.83. The summed E-state index contributed by atoms with van der Waals surface area (Å²) in [6.45, 7) is 4.18. The molecule has 142 valence electrons. The van der Waals surface area contributed by atoms with Crippen LogP contribution < -0.4 is 5.32 Å². The Hall–Kier alpha value is -2.20. The lowest BCUT2D eigenvalue weighted by Gasteiger charge is -2.37. The lowest BCUT2D eigenvalue weighted by molar-refractivity contribution is -0.127. The Morgan fingerprint density at radius 2 is 1.96 bits per heavy atom. The van der Waals surface area contributed by atoms with Crippen molar-refractivity contribution in [3.63, 3.8) is 0 Å². The SMILES string of the molecule is Cc1cccc(C2CC(C(=O)NC3CC3)CN(Cc3ccccc3F)C2)c1. The van der Waals surface area contributed by atoms with Crippen LogP contribution >= 0.6 is 0 Å². The molecule has 2 aromatic rings. The van der Waals surface area contributed by atoms with Crippen molar-refractivity contribution in [2.45, 2.75) is 44.7 Å². The summed E-state index contributed by atoms with van der Waals surface area (Å²) in [4.78, 5) is 15.0. The number of nitrogens with zero attached hydrogens (tertiary/aromatic N) is 1. The Morgan fingerprint density at radius 3 is 2.70 bits per heavy atom. The molecule has 27 heavy (non-hydrogen) atoms. The molecule has 1 N–H and O–H groups in total. The van der Waals surface area contributed by atoms with E-state index in [-0.39, 0.29) is 17.6 Å². The van der Waals surface area contributed by atoms with Gasteiger partial charge in [-0.2, -0.15) is 0 Å². The second-order valence-electron chi connectivity index (χ2n) is 8.11. The fourth-order valence-corrected chi connectivity index (χ4v) is 4.09. The second kappa shape index (κ2) is 7.81. The maximum Gasteiger partial charge on any atom is 0.224 e. The van der Waals surface area contributed by atoms with Crippen molar-refractivity contribution in [3.05, 3.63) is 71.0 Å². The molecule has 1 aliphatic carbocycles. The van der Waals surface area contributed by atoms with E-state index in [1.807, 2.05) is 12.1 Å². The first-order valence-electron chi connectivity index (χ1n) is 9.91. The number of aryl methyl sites for hydroxylation is 1. The monoisotopic (exact) mass is 366 g/mol. The van der Waals surface area contributed by atoms with Gasteiger partial charge in [0, 0.05) is 31.2 Å². The molecule has 1 heterocycles. The van der Waals surface area contributed by atoms with Crippen LogP contribution in [-0.2, 0) is 11.3 Å². The zero-order chi connectivity index (χ0) is 18.8. The van der Waals surface area contributed by atoms with Gasteiger partial charge in [-0.05, 0) is 43.7 Å². The summed E-state index contributed by atoms with van der Waals surface area (Å²) >= 11 is 0. The Balaban J connectivity index is 1.54. The third-order valence-electron chi connectivity index (χ3n) is 5.69. The third-order valence-corrected chi connectivity index (χ3v) is 5.69. The molecule has 2 aromatic carbocycles. The summed E-state index contributed by atoms with van der Waals surface area (Å²) < 4.78 is 14.1. The van der Waals surface area contributed by atoms with Crippen LogP contribution in [0.1, 0.15) is 41.9 Å². The van der Waals surface area contributed by atoms with Crippen molar-refractivity contribution in [1.82, 2.24) is 10.2 Å². The highest BCUT2D eigenvalue weighted by Gasteiger charge is 2.35. The number of rotatable bonds is 5. The summed E-state index contributed by atoms with van der Waals surface area (Å²) in [6, 6.07) is 15.9. The third kappa shape index (κ3) is 4.56. The number of carbonyl (C=O) groups excluding carboxylic acids is 1. The molecule has 1 saturated carbocycles. The maximum absolute atomic E-state index is 14.1. The van der Waals surface area contributed by atoms with Crippen LogP contribution in [-0.4, -0.2) is 29.9 Å². The zero-order valence-corrected chi connectivity index (χ0v) is 15.8. The van der Waals surface area contributed by atoms with E-state index in [2.05, 4.69) is 41.4 Å². The molecule has 4 rings (SSSR count). The molecule has 2 unspecified atom stereocenters. The van der Waals surface area contributed by atoms with E-state index in [0.29, 0.717) is 30.6 Å². The molecule has 2 fully saturated rings. The van der Waals surface area contributed by atoms with Gasteiger partial charge >= 0.3 is 0 Å². The van der Waals surface area contributed by atoms with Crippen molar-refractivity contribution in [3.8, 4) is 0 Å². The van der Waals surface area contributed by atoms with Crippen molar-refractivity contribution < 1.29 is 9.18 Å². The maximum atomic E-state index is 14.1. The second-order valence-corrected chi connectivity index (χ2v) is 8.11. The average molecular weight is 366 g/mol. The van der Waals surface area contributed by atoms with E-state index in [0.717, 1.165) is 25.8 Å². The Labute approximate surface area is 160 Å². The number of amides is 1. The number of likely N-dealkylation sites (tertiary alicyclic amines) is 1. The molecule has 1 amide bonds. The fraction of sp³-hybridized carbons (Fsp3) is 0.435. The number of nitrogens with one attached hydrogen (secondary N) is 1. The molecule has 0 radical (unpaired) electrons. The molecule has 0 spiro atoms. The van der Waals surface area contributed by atoms with Gasteiger partial charge in [-0.25, -0.2) is 4.39 Å². The average Bonchev–Trinajstić information content (AvgIpc) is 3.47. The molecular formula is C23H27FN2O. The summed E-state index contributed by atoms with van der Waals surface area (Å²) in [5.41, 5.74) is 3.21. The van der Waals surface area contributed by atoms with Crippen molar-refractivity contribution in [2.75, 3.05) is 13.1 Å². The number of carbonyl (C=O) groups is 1. The molecule has 3 nitrogen and oxygen atoms in total. The minimum atomic E-state index is -0.172. The van der Waals surface area contributed by atoms with Gasteiger partial charge in [0.1, 0.15) is 5.82 Å². The van der Waals surface area contributed by atoms with Crippen LogP contribution in [0.2, 0.25) is 0 Å². The minimum Gasteiger partial charge on any atom is -0.353 e. The van der Waals surface area contributed by atoms with Crippen LogP contribution in [0.3, 0.4) is 0 Å². The van der Waals surface area contributed by atoms with E-state index < -0.39 is 0 Å². The summed E-state index contributed by atoms with van der Waals surface area (Å²) in [5, 5.41) is 3.16. The van der Waals surface area contributed by atoms with Gasteiger partial charge < -0.3 is 5.32 Å². The van der Waals surface area contributed by atoms with Crippen LogP contribution in [0.15, 0.2) is 48.5 Å². The molecule has 2 aliphatic rings. The molecule has 0 aromatic heterocycles. The van der Waals surface area contributed by atoms with E-state index >= 15 is 0 Å². The number of benzene rings is 2. The molecular weight excluding hydrogens is 339 g/mol. The smallest absolute Gasteiger partial charge is 0.224 e. The van der Waals surface area contributed by atoms with Gasteiger partial charge in [-0.3, -0.25) is 9.69 Å². The van der Waals surface area contributed by atoms with Gasteiger partial charge in [0.25, 0.3) is 0 Å². The van der Waals surface area contributed by atoms with Gasteiger partial charge in [-0.15, -0.1) is 0 Å². The Kier molecular flexibility index (Phi) is 5.26. The first-order valence-corrected chi connectivity index (χ1v) is 9.91. The predicted molar refractivity (Wildman–Crippen MR) is 105 cm³/mol. The fourth-order valence-electron chi connectivity index (χ4n) is 4.09. The molecule has 0 bridgehead atoms. The molecule has 2 atom stereocenters. The minimum absolute atomic E-state index is 0.0448. The first-order chi connectivity index (χ1) is 13.1. The van der Waals surface area contributed by atoms with E-state index in [1.54, 1.807) is 6.07 Å². The zero-order valence-electron chi connectivity index (χ0n) is 15.8. The normalized spacial score (nSPS) is 23.2. The topological polar surface area (TPSA) is 32.3 Å². The number of piperidine rings is 1. The van der Waals surface area contributed by atoms with Crippen LogP contribution in [0, 0.1) is 18.7 Å². The molecule has 1 saturated heterocycles. The van der Waals surface area contributed by atoms with Crippen LogP contribution in [0.25, 0.3) is 0 Å². The van der Waals surface area contributed by atoms with Gasteiger partial charge in [0.2, 0.25) is 5.91 Å². The van der Waals surface area contributed by atoms with E-state index in [9.17, 15) is 9.18 Å². The van der Waals surface area contributed by atoms with Crippen molar-refractivity contribution >= 4 is 5.91 Å². The summed E-state index contributed by atoms with van der Waals surface area (Å²) in [6.07, 6.45) is 3.05. The standard InChI is InChI=1S/C23H27FN2O/c1-16-5-4-7-17(11-16)19-12-20(23(27)25-21-9-10-21)15-26(14-19)13-18-6-2-3-8-22(18)24/h2-8,11,19-21H,9-10,12-15H2,1H3,(H,25,27). The van der Waals surface area contributed by atoms with Crippen molar-refractivity contribution in [1.29, 1.82) is 0 Å². The van der Waals surface area contributed by atoms with E-state index in [1.165, 1.54) is 17.2 Å². The highest BCUT2D eigenvalue weighted by molar-refractivity contribution is 5.79. The first kappa shape index (κ1) is 18.2. The Bertz CT molecular complexity index is 818. The number of hydrogen-bond acceptors (Lipinski definition) is 2. The quantitative estimate of drug-likeness (QED) is 0.867. The van der Waals surface area contributed by atoms with Gasteiger partial charge in [0.15, 0.2) is 0 Å². The lowest BCUT2D eigenvalue weighted by Crippen LogP contribution is -2.46. The molecule has 4 heteroatoms. The van der Waals surface area contributed by atoms with Gasteiger partial charge in [-0.1, -0.05) is 48.0 Å². The Morgan fingerprint density at radius 1 is 1.15 bits per heavy atom. The summed E-state index contributed by atoms with van der Waals surface area (Å²) in [7, 11) is 0. The highest BCUT2D eigenvalue weighted by Crippen LogP contribution is 2.32.